The summed E-state index contributed by atoms with van der Waals surface area (Å²) in [6, 6.07) is 4.76. The Morgan fingerprint density at radius 2 is 2.22 bits per heavy atom. The predicted octanol–water partition coefficient (Wildman–Crippen LogP) is 3.27. The molecule has 0 bridgehead atoms. The van der Waals surface area contributed by atoms with Crippen molar-refractivity contribution in [2.24, 2.45) is 0 Å². The van der Waals surface area contributed by atoms with Gasteiger partial charge in [-0.1, -0.05) is 29.0 Å². The van der Waals surface area contributed by atoms with Crippen LogP contribution in [-0.2, 0) is 6.42 Å². The van der Waals surface area contributed by atoms with Crippen molar-refractivity contribution in [3.63, 3.8) is 0 Å². The van der Waals surface area contributed by atoms with Crippen LogP contribution < -0.4 is 0 Å². The molecule has 0 radical (unpaired) electrons. The van der Waals surface area contributed by atoms with Gasteiger partial charge >= 0.3 is 0 Å². The molecule has 4 aromatic rings. The van der Waals surface area contributed by atoms with E-state index in [4.69, 9.17) is 11.6 Å². The number of halogens is 2. The van der Waals surface area contributed by atoms with E-state index >= 15 is 0 Å². The number of imidazole rings is 1. The molecule has 6 nitrogen and oxygen atoms in total. The highest BCUT2D eigenvalue weighted by Crippen LogP contribution is 2.28. The molecule has 0 saturated carbocycles. The molecule has 3 heterocycles. The van der Waals surface area contributed by atoms with Gasteiger partial charge < -0.3 is 4.98 Å². The normalized spacial score (nSPS) is 11.4. The highest BCUT2D eigenvalue weighted by atomic mass is 35.5. The molecule has 1 N–H and O–H groups in total. The van der Waals surface area contributed by atoms with Gasteiger partial charge in [0.05, 0.1) is 17.0 Å². The van der Waals surface area contributed by atoms with Crippen molar-refractivity contribution in [2.45, 2.75) is 13.3 Å². The van der Waals surface area contributed by atoms with E-state index in [0.29, 0.717) is 17.2 Å². The molecule has 0 fully saturated rings. The van der Waals surface area contributed by atoms with E-state index in [1.165, 1.54) is 21.9 Å². The summed E-state index contributed by atoms with van der Waals surface area (Å²) in [5.74, 6) is 0.626. The minimum Gasteiger partial charge on any atom is -0.346 e. The standard InChI is InChI=1S/C14H10ClFN6S/c1-7-6-17-10(18-7)5-11-21-22-13(19-20-14(22)23-11)8-3-2-4-9(15)12(8)16/h2-4,6H,5H2,1H3,(H,17,18). The molecule has 116 valence electrons. The summed E-state index contributed by atoms with van der Waals surface area (Å²) in [5, 5.41) is 13.4. The van der Waals surface area contributed by atoms with Crippen LogP contribution in [0.4, 0.5) is 4.39 Å². The maximum absolute atomic E-state index is 14.2. The summed E-state index contributed by atoms with van der Waals surface area (Å²) in [6.07, 6.45) is 2.32. The Balaban J connectivity index is 1.76. The van der Waals surface area contributed by atoms with E-state index in [1.807, 2.05) is 6.92 Å². The zero-order valence-corrected chi connectivity index (χ0v) is 13.5. The molecule has 1 aromatic carbocycles. The fraction of sp³-hybridized carbons (Fsp3) is 0.143. The van der Waals surface area contributed by atoms with Crippen LogP contribution in [0.1, 0.15) is 16.5 Å². The van der Waals surface area contributed by atoms with Crippen molar-refractivity contribution < 1.29 is 4.39 Å². The maximum atomic E-state index is 14.2. The number of nitrogens with one attached hydrogen (secondary N) is 1. The molecule has 0 aliphatic carbocycles. The van der Waals surface area contributed by atoms with Crippen LogP contribution in [-0.4, -0.2) is 29.8 Å². The fourth-order valence-electron chi connectivity index (χ4n) is 2.27. The first kappa shape index (κ1) is 14.3. The average Bonchev–Trinajstić information content (AvgIpc) is 3.19. The number of aromatic nitrogens is 6. The smallest absolute Gasteiger partial charge is 0.234 e. The van der Waals surface area contributed by atoms with Crippen molar-refractivity contribution >= 4 is 27.9 Å². The van der Waals surface area contributed by atoms with Gasteiger partial charge in [0.15, 0.2) is 11.6 Å². The van der Waals surface area contributed by atoms with Gasteiger partial charge in [-0.3, -0.25) is 0 Å². The van der Waals surface area contributed by atoms with Gasteiger partial charge in [-0.25, -0.2) is 9.37 Å². The van der Waals surface area contributed by atoms with Crippen molar-refractivity contribution in [2.75, 3.05) is 0 Å². The molecule has 0 saturated heterocycles. The van der Waals surface area contributed by atoms with Gasteiger partial charge in [-0.15, -0.1) is 10.2 Å². The number of benzene rings is 1. The summed E-state index contributed by atoms with van der Waals surface area (Å²) in [7, 11) is 0. The Morgan fingerprint density at radius 1 is 1.35 bits per heavy atom. The molecule has 0 aliphatic rings. The Labute approximate surface area is 139 Å². The lowest BCUT2D eigenvalue weighted by atomic mass is 10.2. The zero-order chi connectivity index (χ0) is 16.0. The second-order valence-corrected chi connectivity index (χ2v) is 6.45. The lowest BCUT2D eigenvalue weighted by Crippen LogP contribution is -1.96. The van der Waals surface area contributed by atoms with Gasteiger partial charge in [-0.2, -0.15) is 9.61 Å². The fourth-order valence-corrected chi connectivity index (χ4v) is 3.28. The van der Waals surface area contributed by atoms with Crippen LogP contribution in [0.2, 0.25) is 5.02 Å². The van der Waals surface area contributed by atoms with Gasteiger partial charge in [0, 0.05) is 11.9 Å². The van der Waals surface area contributed by atoms with Crippen LogP contribution in [0, 0.1) is 12.7 Å². The van der Waals surface area contributed by atoms with Crippen molar-refractivity contribution in [3.05, 3.63) is 51.8 Å². The van der Waals surface area contributed by atoms with Gasteiger partial charge in [-0.05, 0) is 19.1 Å². The lowest BCUT2D eigenvalue weighted by Gasteiger charge is -2.00. The molecular formula is C14H10ClFN6S. The van der Waals surface area contributed by atoms with E-state index in [2.05, 4.69) is 25.3 Å². The molecule has 0 unspecified atom stereocenters. The van der Waals surface area contributed by atoms with Crippen LogP contribution >= 0.6 is 22.9 Å². The largest absolute Gasteiger partial charge is 0.346 e. The number of aryl methyl sites for hydroxylation is 1. The Kier molecular flexibility index (Phi) is 3.35. The molecule has 0 spiro atoms. The summed E-state index contributed by atoms with van der Waals surface area (Å²) in [6.45, 7) is 1.94. The van der Waals surface area contributed by atoms with Crippen LogP contribution in [0.3, 0.4) is 0 Å². The quantitative estimate of drug-likeness (QED) is 0.616. The summed E-state index contributed by atoms with van der Waals surface area (Å²) >= 11 is 7.22. The first-order valence-electron chi connectivity index (χ1n) is 6.78. The second-order valence-electron chi connectivity index (χ2n) is 5.00. The number of rotatable bonds is 3. The number of aromatic amines is 1. The van der Waals surface area contributed by atoms with E-state index in [-0.39, 0.29) is 10.6 Å². The van der Waals surface area contributed by atoms with Crippen LogP contribution in [0.5, 0.6) is 0 Å². The SMILES string of the molecule is Cc1cnc(Cc2nn3c(-c4cccc(Cl)c4F)nnc3s2)[nH]1. The number of fused-ring (bicyclic) bond motifs is 1. The van der Waals surface area contributed by atoms with E-state index in [1.54, 1.807) is 18.3 Å². The molecule has 0 atom stereocenters. The van der Waals surface area contributed by atoms with Crippen molar-refractivity contribution in [1.82, 2.24) is 29.8 Å². The summed E-state index contributed by atoms with van der Waals surface area (Å²) in [5.41, 5.74) is 1.26. The second kappa shape index (κ2) is 5.39. The first-order chi connectivity index (χ1) is 11.1. The molecular weight excluding hydrogens is 339 g/mol. The van der Waals surface area contributed by atoms with E-state index < -0.39 is 5.82 Å². The van der Waals surface area contributed by atoms with E-state index in [9.17, 15) is 4.39 Å². The zero-order valence-electron chi connectivity index (χ0n) is 11.9. The molecule has 4 rings (SSSR count). The average molecular weight is 349 g/mol. The molecule has 9 heteroatoms. The maximum Gasteiger partial charge on any atom is 0.234 e. The van der Waals surface area contributed by atoms with Gasteiger partial charge in [0.25, 0.3) is 0 Å². The lowest BCUT2D eigenvalue weighted by molar-refractivity contribution is 0.629. The monoisotopic (exact) mass is 348 g/mol. The van der Waals surface area contributed by atoms with Gasteiger partial charge in [0.2, 0.25) is 4.96 Å². The van der Waals surface area contributed by atoms with Gasteiger partial charge in [0.1, 0.15) is 10.8 Å². The molecule has 0 aliphatic heterocycles. The minimum absolute atomic E-state index is 0.0424. The highest BCUT2D eigenvalue weighted by Gasteiger charge is 2.18. The third-order valence-corrected chi connectivity index (χ3v) is 4.49. The van der Waals surface area contributed by atoms with Crippen molar-refractivity contribution in [3.8, 4) is 11.4 Å². The third kappa shape index (κ3) is 2.49. The predicted molar refractivity (Wildman–Crippen MR) is 85.2 cm³/mol. The summed E-state index contributed by atoms with van der Waals surface area (Å²) < 4.78 is 15.7. The summed E-state index contributed by atoms with van der Waals surface area (Å²) in [4.78, 5) is 8.01. The molecule has 3 aromatic heterocycles. The number of hydrogen-bond acceptors (Lipinski definition) is 5. The molecule has 0 amide bonds. The Hall–Kier alpha value is -2.32. The number of nitrogens with zero attached hydrogens (tertiary/aromatic N) is 5. The Bertz CT molecular complexity index is 1000. The van der Waals surface area contributed by atoms with Crippen LogP contribution in [0.15, 0.2) is 24.4 Å². The number of H-pyrrole nitrogens is 1. The molecule has 23 heavy (non-hydrogen) atoms. The van der Waals surface area contributed by atoms with E-state index in [0.717, 1.165) is 16.5 Å². The number of hydrogen-bond donors (Lipinski definition) is 1. The third-order valence-electron chi connectivity index (χ3n) is 3.30. The topological polar surface area (TPSA) is 71.8 Å². The van der Waals surface area contributed by atoms with Crippen LogP contribution in [0.25, 0.3) is 16.3 Å². The Morgan fingerprint density at radius 3 is 3.00 bits per heavy atom. The highest BCUT2D eigenvalue weighted by molar-refractivity contribution is 7.16. The first-order valence-corrected chi connectivity index (χ1v) is 7.97. The van der Waals surface area contributed by atoms with Crippen molar-refractivity contribution in [1.29, 1.82) is 0 Å². The minimum atomic E-state index is -0.528.